The van der Waals surface area contributed by atoms with Gasteiger partial charge in [-0.1, -0.05) is 28.1 Å². The molecule has 1 heterocycles. The van der Waals surface area contributed by atoms with E-state index in [4.69, 9.17) is 5.73 Å². The number of halogens is 2. The van der Waals surface area contributed by atoms with Gasteiger partial charge in [-0.3, -0.25) is 0 Å². The Labute approximate surface area is 120 Å². The predicted octanol–water partition coefficient (Wildman–Crippen LogP) is 3.08. The topological polar surface area (TPSA) is 42.2 Å². The second-order valence-electron chi connectivity index (χ2n) is 4.33. The average Bonchev–Trinajstić information content (AvgIpc) is 2.38. The van der Waals surface area contributed by atoms with Crippen molar-refractivity contribution >= 4 is 21.7 Å². The first-order valence-electron chi connectivity index (χ1n) is 5.90. The highest BCUT2D eigenvalue weighted by Gasteiger charge is 2.10. The summed E-state index contributed by atoms with van der Waals surface area (Å²) in [6, 6.07) is 9.47. The summed E-state index contributed by atoms with van der Waals surface area (Å²) in [5.41, 5.74) is 7.48. The number of pyridine rings is 1. The van der Waals surface area contributed by atoms with Crippen LogP contribution in [0.1, 0.15) is 11.1 Å². The van der Waals surface area contributed by atoms with Gasteiger partial charge in [-0.25, -0.2) is 9.37 Å². The minimum atomic E-state index is -0.361. The van der Waals surface area contributed by atoms with Crippen LogP contribution < -0.4 is 10.6 Å². The molecule has 19 heavy (non-hydrogen) atoms. The van der Waals surface area contributed by atoms with Crippen LogP contribution >= 0.6 is 15.9 Å². The Morgan fingerprint density at radius 2 is 2.16 bits per heavy atom. The third-order valence-electron chi connectivity index (χ3n) is 2.80. The number of hydrogen-bond donors (Lipinski definition) is 1. The number of benzene rings is 1. The van der Waals surface area contributed by atoms with Crippen molar-refractivity contribution in [1.29, 1.82) is 0 Å². The van der Waals surface area contributed by atoms with Crippen LogP contribution in [0.2, 0.25) is 0 Å². The third-order valence-corrected chi connectivity index (χ3v) is 3.29. The van der Waals surface area contributed by atoms with Crippen LogP contribution in [-0.2, 0) is 13.1 Å². The zero-order chi connectivity index (χ0) is 13.8. The molecule has 2 aromatic rings. The fourth-order valence-corrected chi connectivity index (χ4v) is 2.40. The van der Waals surface area contributed by atoms with E-state index in [1.807, 2.05) is 36.2 Å². The highest BCUT2D eigenvalue weighted by molar-refractivity contribution is 9.10. The van der Waals surface area contributed by atoms with Crippen LogP contribution in [-0.4, -0.2) is 12.0 Å². The van der Waals surface area contributed by atoms with Crippen LogP contribution in [0.5, 0.6) is 0 Å². The van der Waals surface area contributed by atoms with Gasteiger partial charge in [0.1, 0.15) is 11.6 Å². The Morgan fingerprint density at radius 1 is 1.37 bits per heavy atom. The van der Waals surface area contributed by atoms with Crippen molar-refractivity contribution in [3.8, 4) is 0 Å². The van der Waals surface area contributed by atoms with Crippen LogP contribution in [0, 0.1) is 5.82 Å². The molecule has 0 unspecified atom stereocenters. The monoisotopic (exact) mass is 323 g/mol. The number of hydrogen-bond acceptors (Lipinski definition) is 3. The maximum atomic E-state index is 13.1. The molecule has 1 aromatic heterocycles. The largest absolute Gasteiger partial charge is 0.355 e. The lowest BCUT2D eigenvalue weighted by atomic mass is 10.2. The molecule has 0 atom stereocenters. The second kappa shape index (κ2) is 6.12. The molecule has 0 aliphatic heterocycles. The van der Waals surface area contributed by atoms with Gasteiger partial charge in [0.05, 0.1) is 6.20 Å². The summed E-state index contributed by atoms with van der Waals surface area (Å²) in [6.45, 7) is 0.952. The Balaban J connectivity index is 2.22. The van der Waals surface area contributed by atoms with Gasteiger partial charge in [-0.05, 0) is 23.8 Å². The minimum absolute atomic E-state index is 0.267. The summed E-state index contributed by atoms with van der Waals surface area (Å²) in [6.07, 6.45) is 1.21. The van der Waals surface area contributed by atoms with Crippen molar-refractivity contribution in [2.45, 2.75) is 13.1 Å². The maximum Gasteiger partial charge on any atom is 0.141 e. The molecule has 0 spiro atoms. The Hall–Kier alpha value is -1.46. The van der Waals surface area contributed by atoms with Gasteiger partial charge in [0.25, 0.3) is 0 Å². The third kappa shape index (κ3) is 3.52. The van der Waals surface area contributed by atoms with Gasteiger partial charge >= 0.3 is 0 Å². The van der Waals surface area contributed by atoms with Crippen molar-refractivity contribution < 1.29 is 4.39 Å². The molecular weight excluding hydrogens is 309 g/mol. The van der Waals surface area contributed by atoms with E-state index in [9.17, 15) is 4.39 Å². The zero-order valence-electron chi connectivity index (χ0n) is 10.6. The smallest absolute Gasteiger partial charge is 0.141 e. The van der Waals surface area contributed by atoms with Crippen LogP contribution in [0.15, 0.2) is 41.0 Å². The van der Waals surface area contributed by atoms with Crippen molar-refractivity contribution in [3.05, 3.63) is 57.9 Å². The lowest BCUT2D eigenvalue weighted by molar-refractivity contribution is 0.617. The Morgan fingerprint density at radius 3 is 2.84 bits per heavy atom. The Kier molecular flexibility index (Phi) is 4.50. The molecule has 2 rings (SSSR count). The lowest BCUT2D eigenvalue weighted by Crippen LogP contribution is -2.20. The van der Waals surface area contributed by atoms with Crippen LogP contribution in [0.3, 0.4) is 0 Å². The molecule has 0 bridgehead atoms. The first-order chi connectivity index (χ1) is 9.10. The quantitative estimate of drug-likeness (QED) is 0.940. The van der Waals surface area contributed by atoms with Crippen molar-refractivity contribution in [1.82, 2.24) is 4.98 Å². The standard InChI is InChI=1S/C14H15BrFN3/c1-19(9-10-3-2-4-12(15)5-10)14-11(7-17)6-13(16)8-18-14/h2-6,8H,7,9,17H2,1H3. The van der Waals surface area contributed by atoms with Gasteiger partial charge in [-0.2, -0.15) is 0 Å². The summed E-state index contributed by atoms with van der Waals surface area (Å²) in [4.78, 5) is 6.09. The molecule has 3 nitrogen and oxygen atoms in total. The van der Waals surface area contributed by atoms with Crippen LogP contribution in [0.25, 0.3) is 0 Å². The van der Waals surface area contributed by atoms with E-state index >= 15 is 0 Å². The highest BCUT2D eigenvalue weighted by Crippen LogP contribution is 2.20. The van der Waals surface area contributed by atoms with E-state index in [-0.39, 0.29) is 12.4 Å². The molecule has 0 saturated carbocycles. The second-order valence-corrected chi connectivity index (χ2v) is 5.24. The fourth-order valence-electron chi connectivity index (χ4n) is 1.95. The van der Waals surface area contributed by atoms with Crippen molar-refractivity contribution in [2.24, 2.45) is 5.73 Å². The molecule has 5 heteroatoms. The number of nitrogens with two attached hydrogens (primary N) is 1. The Bertz CT molecular complexity index is 574. The number of anilines is 1. The van der Waals surface area contributed by atoms with Gasteiger partial charge in [0.15, 0.2) is 0 Å². The van der Waals surface area contributed by atoms with Crippen molar-refractivity contribution in [2.75, 3.05) is 11.9 Å². The molecule has 2 N–H and O–H groups in total. The number of nitrogens with zero attached hydrogens (tertiary/aromatic N) is 2. The molecular formula is C14H15BrFN3. The highest BCUT2D eigenvalue weighted by atomic mass is 79.9. The van der Waals surface area contributed by atoms with E-state index in [0.29, 0.717) is 17.9 Å². The lowest BCUT2D eigenvalue weighted by Gasteiger charge is -2.21. The van der Waals surface area contributed by atoms with Crippen LogP contribution in [0.4, 0.5) is 10.2 Å². The molecule has 0 amide bonds. The predicted molar refractivity (Wildman–Crippen MR) is 78.3 cm³/mol. The van der Waals surface area contributed by atoms with E-state index in [1.165, 1.54) is 12.3 Å². The summed E-state index contributed by atoms with van der Waals surface area (Å²) >= 11 is 3.44. The molecule has 0 aliphatic rings. The summed E-state index contributed by atoms with van der Waals surface area (Å²) in [5.74, 6) is 0.351. The van der Waals surface area contributed by atoms with E-state index in [2.05, 4.69) is 20.9 Å². The van der Waals surface area contributed by atoms with E-state index in [1.54, 1.807) is 0 Å². The van der Waals surface area contributed by atoms with E-state index < -0.39 is 0 Å². The SMILES string of the molecule is CN(Cc1cccc(Br)c1)c1ncc(F)cc1CN. The molecule has 0 aliphatic carbocycles. The van der Waals surface area contributed by atoms with Gasteiger partial charge in [-0.15, -0.1) is 0 Å². The molecule has 1 aromatic carbocycles. The maximum absolute atomic E-state index is 13.1. The molecule has 0 radical (unpaired) electrons. The first kappa shape index (κ1) is 14.0. The fraction of sp³-hybridized carbons (Fsp3) is 0.214. The summed E-state index contributed by atoms with van der Waals surface area (Å²) in [5, 5.41) is 0. The first-order valence-corrected chi connectivity index (χ1v) is 6.69. The normalized spacial score (nSPS) is 10.5. The van der Waals surface area contributed by atoms with E-state index in [0.717, 1.165) is 10.0 Å². The molecule has 100 valence electrons. The number of aromatic nitrogens is 1. The van der Waals surface area contributed by atoms with Gasteiger partial charge in [0.2, 0.25) is 0 Å². The molecule has 0 saturated heterocycles. The minimum Gasteiger partial charge on any atom is -0.355 e. The average molecular weight is 324 g/mol. The van der Waals surface area contributed by atoms with Crippen molar-refractivity contribution in [3.63, 3.8) is 0 Å². The molecule has 0 fully saturated rings. The van der Waals surface area contributed by atoms with Gasteiger partial charge in [0, 0.05) is 30.2 Å². The zero-order valence-corrected chi connectivity index (χ0v) is 12.2. The van der Waals surface area contributed by atoms with Gasteiger partial charge < -0.3 is 10.6 Å². The summed E-state index contributed by atoms with van der Waals surface area (Å²) < 4.78 is 14.2. The summed E-state index contributed by atoms with van der Waals surface area (Å²) in [7, 11) is 1.92. The number of rotatable bonds is 4.